The van der Waals surface area contributed by atoms with Gasteiger partial charge in [0.15, 0.2) is 0 Å². The molecule has 1 heteroatoms. The SMILES string of the molecule is [2H]c1c([2H])c(N(c2ccc(-c3c(-c4ccccc4)ccc4ccccc34)cc2)c2c([2H])c([2H])c(-c3ccccc3)c([2H])c2-c2ccccc2)c([2H])c([2H])c1-c1ccc2c(ccc3ccccc32)c1. The van der Waals surface area contributed by atoms with Crippen LogP contribution in [0.1, 0.15) is 9.60 Å². The molecule has 286 valence electrons. The average Bonchev–Trinajstić information content (AvgIpc) is 3.39. The Balaban J connectivity index is 1.18. The van der Waals surface area contributed by atoms with Crippen molar-refractivity contribution in [3.63, 3.8) is 0 Å². The summed E-state index contributed by atoms with van der Waals surface area (Å²) < 4.78 is 68.4. The van der Waals surface area contributed by atoms with Crippen molar-refractivity contribution < 1.29 is 9.60 Å². The minimum atomic E-state index is -0.326. The van der Waals surface area contributed by atoms with Crippen molar-refractivity contribution in [3.05, 3.63) is 249 Å². The van der Waals surface area contributed by atoms with Gasteiger partial charge in [0.05, 0.1) is 15.3 Å². The van der Waals surface area contributed by atoms with Gasteiger partial charge in [-0.25, -0.2) is 0 Å². The Morgan fingerprint density at radius 3 is 1.52 bits per heavy atom. The quantitative estimate of drug-likeness (QED) is 0.139. The van der Waals surface area contributed by atoms with Crippen LogP contribution in [-0.4, -0.2) is 0 Å². The number of fused-ring (bicyclic) bond motifs is 4. The van der Waals surface area contributed by atoms with E-state index in [-0.39, 0.29) is 64.8 Å². The molecule has 0 spiro atoms. The minimum Gasteiger partial charge on any atom is -0.310 e. The standard InChI is InChI=1S/C60H41N/c1-4-14-42(15-5-1)50-32-39-59(58(41-50)45-18-8-3-9-19-45)61(52-33-26-43(27-34-52)49-31-37-55-51(40-49)25-24-46-20-10-12-22-54(46)55)53-35-28-48(29-36-53)60-56-23-13-11-21-47(56)30-38-57(60)44-16-6-2-7-17-44/h1-41H/i26D,27D,32D,33D,34D,39D,41D. The smallest absolute Gasteiger partial charge is 0.0645 e. The van der Waals surface area contributed by atoms with Gasteiger partial charge in [-0.1, -0.05) is 206 Å². The molecular weight excluding hydrogens is 735 g/mol. The molecule has 61 heavy (non-hydrogen) atoms. The van der Waals surface area contributed by atoms with Gasteiger partial charge >= 0.3 is 0 Å². The first-order valence-electron chi connectivity index (χ1n) is 23.9. The fourth-order valence-electron chi connectivity index (χ4n) is 8.45. The normalized spacial score (nSPS) is 12.9. The second-order valence-electron chi connectivity index (χ2n) is 15.1. The molecule has 11 rings (SSSR count). The van der Waals surface area contributed by atoms with Crippen LogP contribution in [0, 0.1) is 0 Å². The highest BCUT2D eigenvalue weighted by molar-refractivity contribution is 6.08. The lowest BCUT2D eigenvalue weighted by molar-refractivity contribution is 1.28. The van der Waals surface area contributed by atoms with Crippen LogP contribution in [0.2, 0.25) is 0 Å². The van der Waals surface area contributed by atoms with Crippen LogP contribution in [0.25, 0.3) is 88.0 Å². The van der Waals surface area contributed by atoms with Crippen LogP contribution >= 0.6 is 0 Å². The Morgan fingerprint density at radius 1 is 0.295 bits per heavy atom. The highest BCUT2D eigenvalue weighted by Gasteiger charge is 2.20. The molecule has 1 nitrogen and oxygen atoms in total. The van der Waals surface area contributed by atoms with Gasteiger partial charge in [-0.3, -0.25) is 0 Å². The van der Waals surface area contributed by atoms with Gasteiger partial charge in [-0.05, 0) is 125 Å². The average molecular weight is 783 g/mol. The first kappa shape index (κ1) is 29.2. The molecule has 0 aliphatic rings. The fourth-order valence-corrected chi connectivity index (χ4v) is 8.45. The molecule has 0 bridgehead atoms. The first-order valence-corrected chi connectivity index (χ1v) is 20.4. The van der Waals surface area contributed by atoms with E-state index in [1.54, 1.807) is 4.90 Å². The van der Waals surface area contributed by atoms with E-state index in [9.17, 15) is 9.60 Å². The third kappa shape index (κ3) is 6.83. The van der Waals surface area contributed by atoms with Gasteiger partial charge in [0.1, 0.15) is 0 Å². The summed E-state index contributed by atoms with van der Waals surface area (Å²) in [4.78, 5) is 1.57. The number of hydrogen-bond acceptors (Lipinski definition) is 1. The lowest BCUT2D eigenvalue weighted by atomic mass is 9.89. The van der Waals surface area contributed by atoms with Crippen molar-refractivity contribution in [2.45, 2.75) is 0 Å². The van der Waals surface area contributed by atoms with E-state index in [0.717, 1.165) is 54.6 Å². The van der Waals surface area contributed by atoms with Crippen molar-refractivity contribution in [1.82, 2.24) is 0 Å². The van der Waals surface area contributed by atoms with Crippen molar-refractivity contribution in [2.75, 3.05) is 4.90 Å². The summed E-state index contributed by atoms with van der Waals surface area (Å²) in [5, 5.41) is 6.22. The molecular formula is C60H41N. The number of rotatable bonds is 8. The molecule has 0 fully saturated rings. The van der Waals surface area contributed by atoms with Gasteiger partial charge in [0.25, 0.3) is 0 Å². The van der Waals surface area contributed by atoms with E-state index < -0.39 is 0 Å². The Labute approximate surface area is 366 Å². The molecule has 0 atom stereocenters. The van der Waals surface area contributed by atoms with Gasteiger partial charge < -0.3 is 4.90 Å². The summed E-state index contributed by atoms with van der Waals surface area (Å²) in [5.41, 5.74) is 6.92. The summed E-state index contributed by atoms with van der Waals surface area (Å²) in [6, 6.07) is 65.2. The molecule has 0 aromatic heterocycles. The molecule has 0 aliphatic carbocycles. The van der Waals surface area contributed by atoms with E-state index >= 15 is 0 Å². The molecule has 11 aromatic carbocycles. The lowest BCUT2D eigenvalue weighted by Gasteiger charge is -2.29. The Kier molecular flexibility index (Phi) is 7.50. The Hall–Kier alpha value is -8.00. The number of hydrogen-bond donors (Lipinski definition) is 0. The largest absolute Gasteiger partial charge is 0.310 e. The van der Waals surface area contributed by atoms with Crippen LogP contribution in [-0.2, 0) is 0 Å². The molecule has 0 amide bonds. The van der Waals surface area contributed by atoms with E-state index in [0.29, 0.717) is 27.9 Å². The summed E-state index contributed by atoms with van der Waals surface area (Å²) in [5.74, 6) is 0. The van der Waals surface area contributed by atoms with Crippen molar-refractivity contribution in [1.29, 1.82) is 0 Å². The third-order valence-electron chi connectivity index (χ3n) is 11.4. The topological polar surface area (TPSA) is 3.24 Å². The van der Waals surface area contributed by atoms with Crippen LogP contribution in [0.4, 0.5) is 17.1 Å². The molecule has 0 aliphatic heterocycles. The van der Waals surface area contributed by atoms with Crippen molar-refractivity contribution >= 4 is 49.4 Å². The molecule has 11 aromatic rings. The summed E-state index contributed by atoms with van der Waals surface area (Å²) in [7, 11) is 0. The second-order valence-corrected chi connectivity index (χ2v) is 15.1. The first-order chi connectivity index (χ1) is 33.2. The highest BCUT2D eigenvalue weighted by Crippen LogP contribution is 2.45. The van der Waals surface area contributed by atoms with Crippen LogP contribution < -0.4 is 4.90 Å². The Morgan fingerprint density at radius 2 is 0.820 bits per heavy atom. The van der Waals surface area contributed by atoms with Gasteiger partial charge in [-0.2, -0.15) is 0 Å². The van der Waals surface area contributed by atoms with E-state index in [1.807, 2.05) is 158 Å². The third-order valence-corrected chi connectivity index (χ3v) is 11.4. The monoisotopic (exact) mass is 782 g/mol. The van der Waals surface area contributed by atoms with Crippen LogP contribution in [0.15, 0.2) is 249 Å². The zero-order valence-corrected chi connectivity index (χ0v) is 33.1. The maximum atomic E-state index is 9.92. The van der Waals surface area contributed by atoms with E-state index in [1.165, 1.54) is 0 Å². The molecule has 0 saturated carbocycles. The second kappa shape index (κ2) is 15.6. The Bertz CT molecular complexity index is 3720. The van der Waals surface area contributed by atoms with Crippen molar-refractivity contribution in [3.8, 4) is 55.6 Å². The number of benzene rings is 11. The van der Waals surface area contributed by atoms with Gasteiger partial charge in [0.2, 0.25) is 0 Å². The molecule has 0 unspecified atom stereocenters. The minimum absolute atomic E-state index is 0.00107. The zero-order valence-electron chi connectivity index (χ0n) is 40.1. The summed E-state index contributed by atoms with van der Waals surface area (Å²) in [6.07, 6.45) is 0. The molecule has 0 saturated heterocycles. The predicted molar refractivity (Wildman–Crippen MR) is 261 cm³/mol. The summed E-state index contributed by atoms with van der Waals surface area (Å²) >= 11 is 0. The molecule has 0 radical (unpaired) electrons. The molecule has 0 N–H and O–H groups in total. The highest BCUT2D eigenvalue weighted by atomic mass is 15.1. The summed E-state index contributed by atoms with van der Waals surface area (Å²) in [6.45, 7) is 0. The fraction of sp³-hybridized carbons (Fsp3) is 0. The predicted octanol–water partition coefficient (Wildman–Crippen LogP) is 17.0. The maximum Gasteiger partial charge on any atom is 0.0645 e. The maximum absolute atomic E-state index is 9.92. The van der Waals surface area contributed by atoms with Gasteiger partial charge in [-0.15, -0.1) is 0 Å². The number of anilines is 3. The number of nitrogens with zero attached hydrogens (tertiary/aromatic N) is 1. The van der Waals surface area contributed by atoms with Gasteiger partial charge in [0, 0.05) is 16.9 Å². The van der Waals surface area contributed by atoms with Crippen LogP contribution in [0.3, 0.4) is 0 Å². The zero-order chi connectivity index (χ0) is 46.6. The lowest BCUT2D eigenvalue weighted by Crippen LogP contribution is -2.11. The molecule has 0 heterocycles. The van der Waals surface area contributed by atoms with Crippen molar-refractivity contribution in [2.24, 2.45) is 0 Å². The van der Waals surface area contributed by atoms with E-state index in [4.69, 9.17) is 0 Å². The van der Waals surface area contributed by atoms with E-state index in [2.05, 4.69) is 48.5 Å². The van der Waals surface area contributed by atoms with Crippen LogP contribution in [0.5, 0.6) is 0 Å².